The van der Waals surface area contributed by atoms with Gasteiger partial charge < -0.3 is 0 Å². The SMILES string of the molecule is CCN(CC)S(=O)(=O)N1CCC(c2ccnc3ccccc23)CC1. The van der Waals surface area contributed by atoms with Crippen molar-refractivity contribution in [2.45, 2.75) is 32.6 Å². The van der Waals surface area contributed by atoms with E-state index < -0.39 is 10.2 Å². The molecule has 0 spiro atoms. The van der Waals surface area contributed by atoms with E-state index in [-0.39, 0.29) is 0 Å². The monoisotopic (exact) mass is 347 g/mol. The highest BCUT2D eigenvalue weighted by molar-refractivity contribution is 7.86. The van der Waals surface area contributed by atoms with Gasteiger partial charge in [0.2, 0.25) is 0 Å². The van der Waals surface area contributed by atoms with Gasteiger partial charge in [0.05, 0.1) is 5.52 Å². The first-order chi connectivity index (χ1) is 11.6. The van der Waals surface area contributed by atoms with Crippen LogP contribution in [0.1, 0.15) is 38.2 Å². The van der Waals surface area contributed by atoms with Crippen LogP contribution in [0.5, 0.6) is 0 Å². The van der Waals surface area contributed by atoms with Crippen molar-refractivity contribution in [1.29, 1.82) is 0 Å². The number of rotatable bonds is 5. The van der Waals surface area contributed by atoms with E-state index in [1.807, 2.05) is 38.2 Å². The maximum absolute atomic E-state index is 12.6. The summed E-state index contributed by atoms with van der Waals surface area (Å²) in [5, 5.41) is 1.19. The molecule has 1 fully saturated rings. The molecule has 0 bridgehead atoms. The maximum atomic E-state index is 12.6. The number of nitrogens with zero attached hydrogens (tertiary/aromatic N) is 3. The molecule has 1 aromatic heterocycles. The van der Waals surface area contributed by atoms with Gasteiger partial charge in [0, 0.05) is 37.8 Å². The predicted molar refractivity (Wildman–Crippen MR) is 97.1 cm³/mol. The molecule has 2 heterocycles. The maximum Gasteiger partial charge on any atom is 0.281 e. The fourth-order valence-corrected chi connectivity index (χ4v) is 5.24. The largest absolute Gasteiger partial charge is 0.281 e. The first-order valence-corrected chi connectivity index (χ1v) is 10.1. The average molecular weight is 347 g/mol. The summed E-state index contributed by atoms with van der Waals surface area (Å²) in [5.74, 6) is 0.390. The van der Waals surface area contributed by atoms with Gasteiger partial charge in [0.1, 0.15) is 0 Å². The molecule has 1 aromatic carbocycles. The van der Waals surface area contributed by atoms with Crippen molar-refractivity contribution >= 4 is 21.1 Å². The fraction of sp³-hybridized carbons (Fsp3) is 0.500. The standard InChI is InChI=1S/C18H25N3O2S/c1-3-20(4-2)24(22,23)21-13-10-15(11-14-21)16-9-12-19-18-8-6-5-7-17(16)18/h5-9,12,15H,3-4,10-11,13-14H2,1-2H3. The number of aromatic nitrogens is 1. The Kier molecular flexibility index (Phi) is 5.18. The molecule has 0 amide bonds. The van der Waals surface area contributed by atoms with Crippen molar-refractivity contribution in [3.05, 3.63) is 42.1 Å². The normalized spacial score (nSPS) is 17.6. The van der Waals surface area contributed by atoms with Gasteiger partial charge in [-0.1, -0.05) is 32.0 Å². The second-order valence-corrected chi connectivity index (χ2v) is 8.11. The topological polar surface area (TPSA) is 53.5 Å². The molecule has 1 aliphatic rings. The lowest BCUT2D eigenvalue weighted by atomic mass is 9.88. The van der Waals surface area contributed by atoms with Gasteiger partial charge in [0.25, 0.3) is 10.2 Å². The van der Waals surface area contributed by atoms with Gasteiger partial charge in [-0.25, -0.2) is 0 Å². The van der Waals surface area contributed by atoms with E-state index in [4.69, 9.17) is 0 Å². The third kappa shape index (κ3) is 3.18. The Hall–Kier alpha value is -1.50. The molecule has 3 rings (SSSR count). The van der Waals surface area contributed by atoms with Gasteiger partial charge in [-0.2, -0.15) is 17.0 Å². The van der Waals surface area contributed by atoms with Crippen LogP contribution < -0.4 is 0 Å². The first kappa shape index (κ1) is 17.3. The van der Waals surface area contributed by atoms with Crippen molar-refractivity contribution in [1.82, 2.24) is 13.6 Å². The number of para-hydroxylation sites is 1. The lowest BCUT2D eigenvalue weighted by molar-refractivity contribution is 0.291. The summed E-state index contributed by atoms with van der Waals surface area (Å²) in [5.41, 5.74) is 2.30. The second-order valence-electron chi connectivity index (χ2n) is 6.18. The van der Waals surface area contributed by atoms with Crippen molar-refractivity contribution in [2.75, 3.05) is 26.2 Å². The third-order valence-electron chi connectivity index (χ3n) is 4.93. The van der Waals surface area contributed by atoms with Gasteiger partial charge >= 0.3 is 0 Å². The summed E-state index contributed by atoms with van der Waals surface area (Å²) in [6.45, 7) is 5.98. The summed E-state index contributed by atoms with van der Waals surface area (Å²) in [6, 6.07) is 10.3. The van der Waals surface area contributed by atoms with E-state index in [0.29, 0.717) is 32.1 Å². The van der Waals surface area contributed by atoms with Crippen LogP contribution in [0, 0.1) is 0 Å². The number of fused-ring (bicyclic) bond motifs is 1. The molecule has 1 saturated heterocycles. The number of benzene rings is 1. The van der Waals surface area contributed by atoms with Gasteiger partial charge in [-0.05, 0) is 36.5 Å². The molecule has 24 heavy (non-hydrogen) atoms. The highest BCUT2D eigenvalue weighted by atomic mass is 32.2. The summed E-state index contributed by atoms with van der Waals surface area (Å²) >= 11 is 0. The first-order valence-electron chi connectivity index (χ1n) is 8.66. The van der Waals surface area contributed by atoms with Gasteiger partial charge in [-0.3, -0.25) is 4.98 Å². The lowest BCUT2D eigenvalue weighted by Crippen LogP contribution is -2.46. The van der Waals surface area contributed by atoms with E-state index in [0.717, 1.165) is 18.4 Å². The number of hydrogen-bond donors (Lipinski definition) is 0. The highest BCUT2D eigenvalue weighted by Crippen LogP contribution is 2.33. The molecule has 0 aliphatic carbocycles. The van der Waals surface area contributed by atoms with Crippen molar-refractivity contribution in [3.63, 3.8) is 0 Å². The Bertz CT molecular complexity index is 790. The van der Waals surface area contributed by atoms with Crippen LogP contribution in [-0.2, 0) is 10.2 Å². The van der Waals surface area contributed by atoms with E-state index in [2.05, 4.69) is 17.1 Å². The quantitative estimate of drug-likeness (QED) is 0.835. The molecule has 0 N–H and O–H groups in total. The minimum Gasteiger partial charge on any atom is -0.256 e. The smallest absolute Gasteiger partial charge is 0.256 e. The van der Waals surface area contributed by atoms with Crippen molar-refractivity contribution in [3.8, 4) is 0 Å². The molecule has 130 valence electrons. The summed E-state index contributed by atoms with van der Waals surface area (Å²) < 4.78 is 28.5. The van der Waals surface area contributed by atoms with E-state index in [1.165, 1.54) is 15.3 Å². The van der Waals surface area contributed by atoms with Crippen LogP contribution in [0.3, 0.4) is 0 Å². The van der Waals surface area contributed by atoms with Crippen LogP contribution >= 0.6 is 0 Å². The Morgan fingerprint density at radius 1 is 1.12 bits per heavy atom. The minimum absolute atomic E-state index is 0.390. The minimum atomic E-state index is -3.32. The molecule has 0 atom stereocenters. The number of hydrogen-bond acceptors (Lipinski definition) is 3. The fourth-order valence-electron chi connectivity index (χ4n) is 3.58. The van der Waals surface area contributed by atoms with Crippen molar-refractivity contribution in [2.24, 2.45) is 0 Å². The third-order valence-corrected chi connectivity index (χ3v) is 7.12. The van der Waals surface area contributed by atoms with Crippen molar-refractivity contribution < 1.29 is 8.42 Å². The average Bonchev–Trinajstić information content (AvgIpc) is 2.62. The predicted octanol–water partition coefficient (Wildman–Crippen LogP) is 3.00. The Morgan fingerprint density at radius 2 is 1.79 bits per heavy atom. The second kappa shape index (κ2) is 7.17. The molecule has 2 aromatic rings. The molecule has 0 radical (unpaired) electrons. The highest BCUT2D eigenvalue weighted by Gasteiger charge is 2.32. The zero-order valence-corrected chi connectivity index (χ0v) is 15.2. The van der Waals surface area contributed by atoms with Crippen LogP contribution in [0.2, 0.25) is 0 Å². The van der Waals surface area contributed by atoms with E-state index >= 15 is 0 Å². The molecular formula is C18H25N3O2S. The Balaban J connectivity index is 1.78. The molecule has 0 saturated carbocycles. The number of piperidine rings is 1. The van der Waals surface area contributed by atoms with Gasteiger partial charge in [-0.15, -0.1) is 0 Å². The van der Waals surface area contributed by atoms with Crippen LogP contribution in [-0.4, -0.2) is 48.2 Å². The molecule has 5 nitrogen and oxygen atoms in total. The van der Waals surface area contributed by atoms with Crippen LogP contribution in [0.4, 0.5) is 0 Å². The van der Waals surface area contributed by atoms with E-state index in [1.54, 1.807) is 4.31 Å². The molecule has 1 aliphatic heterocycles. The zero-order chi connectivity index (χ0) is 17.2. The summed E-state index contributed by atoms with van der Waals surface area (Å²) in [7, 11) is -3.32. The number of pyridine rings is 1. The van der Waals surface area contributed by atoms with E-state index in [9.17, 15) is 8.42 Å². The molecule has 6 heteroatoms. The van der Waals surface area contributed by atoms with Crippen LogP contribution in [0.15, 0.2) is 36.5 Å². The van der Waals surface area contributed by atoms with Crippen LogP contribution in [0.25, 0.3) is 10.9 Å². The molecule has 0 unspecified atom stereocenters. The zero-order valence-electron chi connectivity index (χ0n) is 14.4. The summed E-state index contributed by atoms with van der Waals surface area (Å²) in [6.07, 6.45) is 3.57. The Morgan fingerprint density at radius 3 is 2.46 bits per heavy atom. The summed E-state index contributed by atoms with van der Waals surface area (Å²) in [4.78, 5) is 4.42. The lowest BCUT2D eigenvalue weighted by Gasteiger charge is -2.34. The molecular weight excluding hydrogens is 322 g/mol. The van der Waals surface area contributed by atoms with Gasteiger partial charge in [0.15, 0.2) is 0 Å². The Labute approximate surface area is 144 Å².